The van der Waals surface area contributed by atoms with E-state index < -0.39 is 0 Å². The highest BCUT2D eigenvalue weighted by molar-refractivity contribution is 5.98. The van der Waals surface area contributed by atoms with Gasteiger partial charge in [-0.15, -0.1) is 0 Å². The average molecular weight is 441 g/mol. The number of carbonyl (C=O) groups is 1. The minimum atomic E-state index is 0.0103. The van der Waals surface area contributed by atoms with Gasteiger partial charge in [0.2, 0.25) is 5.88 Å². The minimum Gasteiger partial charge on any atom is -0.474 e. The maximum atomic E-state index is 13.0. The van der Waals surface area contributed by atoms with Gasteiger partial charge in [-0.3, -0.25) is 9.78 Å². The first kappa shape index (κ1) is 21.3. The number of carbonyl (C=O) groups excluding carboxylic acids is 1. The van der Waals surface area contributed by atoms with Crippen molar-refractivity contribution in [3.8, 4) is 17.1 Å². The molecule has 5 rings (SSSR count). The molecule has 1 aliphatic rings. The molecule has 33 heavy (non-hydrogen) atoms. The Morgan fingerprint density at radius 2 is 1.85 bits per heavy atom. The van der Waals surface area contributed by atoms with Gasteiger partial charge in [0.15, 0.2) is 5.78 Å². The first-order valence-corrected chi connectivity index (χ1v) is 11.6. The summed E-state index contributed by atoms with van der Waals surface area (Å²) in [5.41, 5.74) is 3.51. The first-order valence-electron chi connectivity index (χ1n) is 11.6. The number of benzene rings is 1. The van der Waals surface area contributed by atoms with Crippen LogP contribution in [0.3, 0.4) is 0 Å². The second-order valence-electron chi connectivity index (χ2n) is 8.85. The molecule has 3 heterocycles. The number of pyridine rings is 2. The maximum Gasteiger partial charge on any atom is 0.214 e. The molecule has 168 valence electrons. The van der Waals surface area contributed by atoms with E-state index in [0.29, 0.717) is 11.4 Å². The third-order valence-corrected chi connectivity index (χ3v) is 6.53. The lowest BCUT2D eigenvalue weighted by atomic mass is 9.98. The summed E-state index contributed by atoms with van der Waals surface area (Å²) in [6, 6.07) is 11.8. The van der Waals surface area contributed by atoms with Crippen LogP contribution in [-0.4, -0.2) is 31.4 Å². The molecular formula is C27H28N4O2. The minimum absolute atomic E-state index is 0.0103. The van der Waals surface area contributed by atoms with Gasteiger partial charge in [-0.25, -0.2) is 9.97 Å². The summed E-state index contributed by atoms with van der Waals surface area (Å²) in [7, 11) is 2.01. The van der Waals surface area contributed by atoms with Crippen molar-refractivity contribution in [1.82, 2.24) is 19.5 Å². The van der Waals surface area contributed by atoms with Crippen molar-refractivity contribution in [2.24, 2.45) is 7.05 Å². The predicted octanol–water partition coefficient (Wildman–Crippen LogP) is 5.48. The van der Waals surface area contributed by atoms with Crippen LogP contribution in [0.5, 0.6) is 5.88 Å². The lowest BCUT2D eigenvalue weighted by Crippen LogP contribution is -2.20. The normalized spacial score (nSPS) is 14.5. The van der Waals surface area contributed by atoms with E-state index in [1.807, 2.05) is 32.4 Å². The van der Waals surface area contributed by atoms with Crippen molar-refractivity contribution in [1.29, 1.82) is 0 Å². The second-order valence-corrected chi connectivity index (χ2v) is 8.85. The Labute approximate surface area is 193 Å². The highest BCUT2D eigenvalue weighted by Crippen LogP contribution is 2.26. The standard InChI is InChI=1S/C27H28N4O2/c1-18-29-17-25(31(18)2)19-8-9-21-16-30-23(13-22(21)12-19)15-26(32)20-10-11-28-27(14-20)33-24-6-4-3-5-7-24/h8-14,16-17,24H,3-7,15H2,1-2H3. The number of hydrogen-bond acceptors (Lipinski definition) is 5. The summed E-state index contributed by atoms with van der Waals surface area (Å²) in [4.78, 5) is 26.2. The van der Waals surface area contributed by atoms with Crippen LogP contribution in [0.4, 0.5) is 0 Å². The van der Waals surface area contributed by atoms with Gasteiger partial charge in [0.1, 0.15) is 11.9 Å². The maximum absolute atomic E-state index is 13.0. The van der Waals surface area contributed by atoms with Gasteiger partial charge in [0, 0.05) is 47.7 Å². The van der Waals surface area contributed by atoms with Gasteiger partial charge < -0.3 is 9.30 Å². The molecule has 4 aromatic rings. The molecule has 0 unspecified atom stereocenters. The Morgan fingerprint density at radius 3 is 2.64 bits per heavy atom. The van der Waals surface area contributed by atoms with Crippen molar-refractivity contribution in [3.63, 3.8) is 0 Å². The molecule has 0 spiro atoms. The van der Waals surface area contributed by atoms with E-state index in [1.54, 1.807) is 18.3 Å². The highest BCUT2D eigenvalue weighted by atomic mass is 16.5. The number of fused-ring (bicyclic) bond motifs is 1. The van der Waals surface area contributed by atoms with Crippen molar-refractivity contribution in [2.45, 2.75) is 51.6 Å². The van der Waals surface area contributed by atoms with Crippen LogP contribution in [0, 0.1) is 6.92 Å². The molecule has 0 aliphatic heterocycles. The fourth-order valence-corrected chi connectivity index (χ4v) is 4.48. The van der Waals surface area contributed by atoms with E-state index in [9.17, 15) is 4.79 Å². The molecular weight excluding hydrogens is 412 g/mol. The Morgan fingerprint density at radius 1 is 1.00 bits per heavy atom. The number of ether oxygens (including phenoxy) is 1. The van der Waals surface area contributed by atoms with E-state index in [0.717, 1.165) is 46.4 Å². The summed E-state index contributed by atoms with van der Waals surface area (Å²) in [6.45, 7) is 1.99. The summed E-state index contributed by atoms with van der Waals surface area (Å²) in [5.74, 6) is 1.52. The highest BCUT2D eigenvalue weighted by Gasteiger charge is 2.17. The number of ketones is 1. The van der Waals surface area contributed by atoms with Gasteiger partial charge >= 0.3 is 0 Å². The SMILES string of the molecule is Cc1ncc(-c2ccc3cnc(CC(=O)c4ccnc(OC5CCCCC5)c4)cc3c2)n1C. The topological polar surface area (TPSA) is 69.9 Å². The van der Waals surface area contributed by atoms with E-state index >= 15 is 0 Å². The molecule has 0 amide bonds. The number of hydrogen-bond donors (Lipinski definition) is 0. The molecule has 6 nitrogen and oxygen atoms in total. The zero-order valence-corrected chi connectivity index (χ0v) is 19.1. The van der Waals surface area contributed by atoms with Crippen molar-refractivity contribution in [3.05, 3.63) is 72.1 Å². The van der Waals surface area contributed by atoms with E-state index in [-0.39, 0.29) is 18.3 Å². The van der Waals surface area contributed by atoms with Crippen LogP contribution < -0.4 is 4.74 Å². The van der Waals surface area contributed by atoms with Gasteiger partial charge in [0.25, 0.3) is 0 Å². The molecule has 1 saturated carbocycles. The Kier molecular flexibility index (Phi) is 5.90. The van der Waals surface area contributed by atoms with E-state index in [4.69, 9.17) is 4.74 Å². The quantitative estimate of drug-likeness (QED) is 0.372. The van der Waals surface area contributed by atoms with Crippen LogP contribution in [0.2, 0.25) is 0 Å². The zero-order valence-electron chi connectivity index (χ0n) is 19.1. The number of nitrogens with zero attached hydrogens (tertiary/aromatic N) is 4. The number of Topliss-reactive ketones (excluding diaryl/α,β-unsaturated/α-hetero) is 1. The lowest BCUT2D eigenvalue weighted by molar-refractivity contribution is 0.0990. The molecule has 6 heteroatoms. The van der Waals surface area contributed by atoms with Crippen LogP contribution in [-0.2, 0) is 13.5 Å². The molecule has 0 N–H and O–H groups in total. The van der Waals surface area contributed by atoms with Gasteiger partial charge in [-0.05, 0) is 56.2 Å². The molecule has 0 radical (unpaired) electrons. The molecule has 1 aliphatic carbocycles. The summed E-state index contributed by atoms with van der Waals surface area (Å²) >= 11 is 0. The van der Waals surface area contributed by atoms with Crippen molar-refractivity contribution in [2.75, 3.05) is 0 Å². The molecule has 0 bridgehead atoms. The van der Waals surface area contributed by atoms with Crippen molar-refractivity contribution >= 4 is 16.6 Å². The Balaban J connectivity index is 1.34. The second kappa shape index (κ2) is 9.14. The van der Waals surface area contributed by atoms with Gasteiger partial charge in [0.05, 0.1) is 18.3 Å². The molecule has 0 atom stereocenters. The summed E-state index contributed by atoms with van der Waals surface area (Å²) < 4.78 is 8.11. The first-order chi connectivity index (χ1) is 16.1. The molecule has 1 fully saturated rings. The molecule has 1 aromatic carbocycles. The zero-order chi connectivity index (χ0) is 22.8. The summed E-state index contributed by atoms with van der Waals surface area (Å²) in [6.07, 6.45) is 11.6. The van der Waals surface area contributed by atoms with E-state index in [1.165, 1.54) is 19.3 Å². The molecule has 0 saturated heterocycles. The van der Waals surface area contributed by atoms with Gasteiger partial charge in [-0.1, -0.05) is 18.6 Å². The molecule has 3 aromatic heterocycles. The predicted molar refractivity (Wildman–Crippen MR) is 128 cm³/mol. The van der Waals surface area contributed by atoms with Crippen LogP contribution >= 0.6 is 0 Å². The lowest BCUT2D eigenvalue weighted by Gasteiger charge is -2.22. The number of aromatic nitrogens is 4. The fourth-order valence-electron chi connectivity index (χ4n) is 4.48. The summed E-state index contributed by atoms with van der Waals surface area (Å²) in [5, 5.41) is 2.10. The number of aryl methyl sites for hydroxylation is 1. The van der Waals surface area contributed by atoms with Crippen LogP contribution in [0.15, 0.2) is 55.0 Å². The van der Waals surface area contributed by atoms with Gasteiger partial charge in [-0.2, -0.15) is 0 Å². The van der Waals surface area contributed by atoms with Crippen molar-refractivity contribution < 1.29 is 9.53 Å². The largest absolute Gasteiger partial charge is 0.474 e. The third kappa shape index (κ3) is 4.65. The smallest absolute Gasteiger partial charge is 0.214 e. The third-order valence-electron chi connectivity index (χ3n) is 6.53. The fraction of sp³-hybridized carbons (Fsp3) is 0.333. The monoisotopic (exact) mass is 440 g/mol. The number of rotatable bonds is 6. The van der Waals surface area contributed by atoms with E-state index in [2.05, 4.69) is 37.7 Å². The van der Waals surface area contributed by atoms with Crippen LogP contribution in [0.1, 0.15) is 54.0 Å². The Bertz CT molecular complexity index is 1300. The number of imidazole rings is 1. The van der Waals surface area contributed by atoms with Crippen LogP contribution in [0.25, 0.3) is 22.0 Å². The average Bonchev–Trinajstić information content (AvgIpc) is 3.17. The Hall–Kier alpha value is -3.54.